The molecule has 0 aliphatic carbocycles. The average Bonchev–Trinajstić information content (AvgIpc) is 2.76. The Labute approximate surface area is 175 Å². The van der Waals surface area contributed by atoms with Crippen LogP contribution in [0.4, 0.5) is 0 Å². The summed E-state index contributed by atoms with van der Waals surface area (Å²) in [6, 6.07) is 7.01. The number of para-hydroxylation sites is 1. The number of benzene rings is 1. The summed E-state index contributed by atoms with van der Waals surface area (Å²) in [5.74, 6) is -0.131. The van der Waals surface area contributed by atoms with Gasteiger partial charge in [0.1, 0.15) is 6.54 Å². The highest BCUT2D eigenvalue weighted by Crippen LogP contribution is 2.20. The van der Waals surface area contributed by atoms with Gasteiger partial charge in [-0.25, -0.2) is 4.79 Å². The van der Waals surface area contributed by atoms with Gasteiger partial charge in [0, 0.05) is 38.6 Å². The Kier molecular flexibility index (Phi) is 6.43. The van der Waals surface area contributed by atoms with E-state index in [9.17, 15) is 19.2 Å². The van der Waals surface area contributed by atoms with Gasteiger partial charge in [0.15, 0.2) is 0 Å². The maximum absolute atomic E-state index is 13.0. The zero-order valence-corrected chi connectivity index (χ0v) is 18.1. The van der Waals surface area contributed by atoms with Crippen LogP contribution in [0.15, 0.2) is 33.9 Å². The van der Waals surface area contributed by atoms with E-state index in [1.165, 1.54) is 4.57 Å². The van der Waals surface area contributed by atoms with Gasteiger partial charge in [-0.15, -0.1) is 0 Å². The van der Waals surface area contributed by atoms with Crippen molar-refractivity contribution in [2.75, 3.05) is 20.1 Å². The minimum Gasteiger partial charge on any atom is -0.343 e. The van der Waals surface area contributed by atoms with Gasteiger partial charge in [-0.2, -0.15) is 0 Å². The Morgan fingerprint density at radius 2 is 1.73 bits per heavy atom. The van der Waals surface area contributed by atoms with Crippen molar-refractivity contribution in [3.8, 4) is 0 Å². The molecule has 0 atom stereocenters. The van der Waals surface area contributed by atoms with Gasteiger partial charge < -0.3 is 9.80 Å². The summed E-state index contributed by atoms with van der Waals surface area (Å²) in [6.45, 7) is 6.79. The molecule has 8 nitrogen and oxygen atoms in total. The minimum atomic E-state index is -0.474. The van der Waals surface area contributed by atoms with Crippen LogP contribution >= 0.6 is 0 Å². The molecular formula is C22H30N4O4. The Morgan fingerprint density at radius 3 is 2.33 bits per heavy atom. The van der Waals surface area contributed by atoms with Crippen molar-refractivity contribution in [2.45, 2.75) is 52.7 Å². The molecule has 0 N–H and O–H groups in total. The second-order valence-corrected chi connectivity index (χ2v) is 8.13. The summed E-state index contributed by atoms with van der Waals surface area (Å²) >= 11 is 0. The van der Waals surface area contributed by atoms with Crippen molar-refractivity contribution >= 4 is 22.7 Å². The topological polar surface area (TPSA) is 84.6 Å². The molecule has 0 radical (unpaired) electrons. The normalized spacial score (nSPS) is 15.0. The molecule has 2 heterocycles. The van der Waals surface area contributed by atoms with E-state index in [1.807, 2.05) is 20.9 Å². The predicted octanol–water partition coefficient (Wildman–Crippen LogP) is 1.29. The number of nitrogens with zero attached hydrogens (tertiary/aromatic N) is 4. The Bertz CT molecular complexity index is 1060. The lowest BCUT2D eigenvalue weighted by Gasteiger charge is -2.34. The van der Waals surface area contributed by atoms with Crippen molar-refractivity contribution in [1.82, 2.24) is 18.9 Å². The molecule has 2 amide bonds. The number of likely N-dealkylation sites (tertiary alicyclic amines) is 1. The molecular weight excluding hydrogens is 384 g/mol. The highest BCUT2D eigenvalue weighted by atomic mass is 16.2. The number of carbonyl (C=O) groups is 2. The van der Waals surface area contributed by atoms with Gasteiger partial charge >= 0.3 is 5.69 Å². The summed E-state index contributed by atoms with van der Waals surface area (Å²) < 4.78 is 2.54. The van der Waals surface area contributed by atoms with E-state index in [0.29, 0.717) is 36.8 Å². The van der Waals surface area contributed by atoms with Gasteiger partial charge in [-0.1, -0.05) is 12.1 Å². The van der Waals surface area contributed by atoms with Crippen LogP contribution < -0.4 is 11.2 Å². The van der Waals surface area contributed by atoms with Gasteiger partial charge in [-0.05, 0) is 45.7 Å². The number of rotatable bonds is 5. The maximum atomic E-state index is 13.0. The second-order valence-electron chi connectivity index (χ2n) is 8.13. The molecule has 0 bridgehead atoms. The standard InChI is InChI=1S/C22H30N4O4/c1-5-25-21(29)17-8-6-7-9-18(17)26(22(25)30)14-19(27)24-12-10-16(11-13-24)20(28)23(4)15(2)3/h6-9,15-16H,5,10-14H2,1-4H3. The fourth-order valence-corrected chi connectivity index (χ4v) is 3.96. The molecule has 0 spiro atoms. The lowest BCUT2D eigenvalue weighted by molar-refractivity contribution is -0.141. The molecule has 1 aliphatic rings. The van der Waals surface area contributed by atoms with Crippen molar-refractivity contribution in [1.29, 1.82) is 0 Å². The Morgan fingerprint density at radius 1 is 1.10 bits per heavy atom. The van der Waals surface area contributed by atoms with E-state index < -0.39 is 5.69 Å². The average molecular weight is 415 g/mol. The smallest absolute Gasteiger partial charge is 0.331 e. The first-order valence-corrected chi connectivity index (χ1v) is 10.5. The monoisotopic (exact) mass is 414 g/mol. The third-order valence-corrected chi connectivity index (χ3v) is 6.06. The lowest BCUT2D eigenvalue weighted by atomic mass is 9.95. The third-order valence-electron chi connectivity index (χ3n) is 6.06. The summed E-state index contributed by atoms with van der Waals surface area (Å²) in [7, 11) is 1.81. The van der Waals surface area contributed by atoms with Crippen LogP contribution in [0.5, 0.6) is 0 Å². The molecule has 0 unspecified atom stereocenters. The van der Waals surface area contributed by atoms with Gasteiger partial charge in [0.2, 0.25) is 11.8 Å². The van der Waals surface area contributed by atoms with E-state index >= 15 is 0 Å². The molecule has 1 aromatic carbocycles. The Balaban J connectivity index is 1.78. The van der Waals surface area contributed by atoms with Crippen molar-refractivity contribution < 1.29 is 9.59 Å². The summed E-state index contributed by atoms with van der Waals surface area (Å²) in [5.41, 5.74) is -0.345. The SMILES string of the molecule is CCn1c(=O)c2ccccc2n(CC(=O)N2CCC(C(=O)N(C)C(C)C)CC2)c1=O. The molecule has 1 aliphatic heterocycles. The molecule has 8 heteroatoms. The zero-order valence-electron chi connectivity index (χ0n) is 18.1. The van der Waals surface area contributed by atoms with Crippen LogP contribution in [-0.2, 0) is 22.7 Å². The van der Waals surface area contributed by atoms with Crippen LogP contribution in [0.1, 0.15) is 33.6 Å². The molecule has 0 saturated carbocycles. The Hall–Kier alpha value is -2.90. The van der Waals surface area contributed by atoms with E-state index in [2.05, 4.69) is 0 Å². The largest absolute Gasteiger partial charge is 0.343 e. The molecule has 1 fully saturated rings. The van der Waals surface area contributed by atoms with E-state index in [1.54, 1.807) is 41.0 Å². The summed E-state index contributed by atoms with van der Waals surface area (Å²) in [4.78, 5) is 54.3. The maximum Gasteiger partial charge on any atom is 0.331 e. The molecule has 30 heavy (non-hydrogen) atoms. The van der Waals surface area contributed by atoms with Crippen LogP contribution in [0, 0.1) is 5.92 Å². The fraction of sp³-hybridized carbons (Fsp3) is 0.545. The van der Waals surface area contributed by atoms with Gasteiger partial charge in [0.05, 0.1) is 10.9 Å². The number of carbonyl (C=O) groups excluding carboxylic acids is 2. The van der Waals surface area contributed by atoms with Crippen LogP contribution in [0.2, 0.25) is 0 Å². The predicted molar refractivity (Wildman–Crippen MR) is 115 cm³/mol. The van der Waals surface area contributed by atoms with Crippen molar-refractivity contribution in [3.05, 3.63) is 45.1 Å². The number of hydrogen-bond donors (Lipinski definition) is 0. The van der Waals surface area contributed by atoms with Crippen LogP contribution in [0.3, 0.4) is 0 Å². The number of piperidine rings is 1. The summed E-state index contributed by atoms with van der Waals surface area (Å²) in [6.07, 6.45) is 1.23. The zero-order chi connectivity index (χ0) is 22.0. The number of fused-ring (bicyclic) bond motifs is 1. The van der Waals surface area contributed by atoms with E-state index in [-0.39, 0.29) is 42.4 Å². The first-order valence-electron chi connectivity index (χ1n) is 10.5. The second kappa shape index (κ2) is 8.85. The molecule has 1 aromatic heterocycles. The lowest BCUT2D eigenvalue weighted by Crippen LogP contribution is -2.47. The van der Waals surface area contributed by atoms with Gasteiger partial charge in [0.25, 0.3) is 5.56 Å². The number of amides is 2. The number of aromatic nitrogens is 2. The third kappa shape index (κ3) is 4.04. The fourth-order valence-electron chi connectivity index (χ4n) is 3.96. The van der Waals surface area contributed by atoms with E-state index in [4.69, 9.17) is 0 Å². The van der Waals surface area contributed by atoms with Crippen molar-refractivity contribution in [3.63, 3.8) is 0 Å². The molecule has 1 saturated heterocycles. The highest BCUT2D eigenvalue weighted by molar-refractivity contribution is 5.82. The molecule has 162 valence electrons. The van der Waals surface area contributed by atoms with E-state index in [0.717, 1.165) is 4.57 Å². The van der Waals surface area contributed by atoms with Gasteiger partial charge in [-0.3, -0.25) is 23.5 Å². The first-order chi connectivity index (χ1) is 14.3. The summed E-state index contributed by atoms with van der Waals surface area (Å²) in [5, 5.41) is 0.424. The van der Waals surface area contributed by atoms with Crippen molar-refractivity contribution in [2.24, 2.45) is 5.92 Å². The first kappa shape index (κ1) is 21.8. The number of hydrogen-bond acceptors (Lipinski definition) is 4. The van der Waals surface area contributed by atoms with Crippen LogP contribution in [-0.4, -0.2) is 56.9 Å². The quantitative estimate of drug-likeness (QED) is 0.738. The van der Waals surface area contributed by atoms with Crippen LogP contribution in [0.25, 0.3) is 10.9 Å². The minimum absolute atomic E-state index is 0.0769. The highest BCUT2D eigenvalue weighted by Gasteiger charge is 2.30. The molecule has 3 rings (SSSR count). The molecule has 2 aromatic rings.